The molecular weight excluding hydrogens is 287 g/mol. The summed E-state index contributed by atoms with van der Waals surface area (Å²) in [5.41, 5.74) is 0.951. The van der Waals surface area contributed by atoms with E-state index in [0.717, 1.165) is 5.56 Å². The molecule has 0 saturated heterocycles. The molecule has 0 fully saturated rings. The maximum absolute atomic E-state index is 12.1. The largest absolute Gasteiger partial charge is 0.327 e. The monoisotopic (exact) mass is 306 g/mol. The van der Waals surface area contributed by atoms with Crippen molar-refractivity contribution in [2.75, 3.05) is 19.1 Å². The van der Waals surface area contributed by atoms with Crippen LogP contribution in [0.1, 0.15) is 19.4 Å². The van der Waals surface area contributed by atoms with E-state index in [0.29, 0.717) is 0 Å². The zero-order valence-electron chi connectivity index (χ0n) is 11.3. The van der Waals surface area contributed by atoms with Gasteiger partial charge in [0.05, 0.1) is 11.5 Å². The number of rotatable bonds is 7. The van der Waals surface area contributed by atoms with E-state index in [1.54, 1.807) is 26.0 Å². The van der Waals surface area contributed by atoms with Crippen LogP contribution in [0.5, 0.6) is 0 Å². The molecule has 0 aromatic heterocycles. The van der Waals surface area contributed by atoms with Gasteiger partial charge in [0.15, 0.2) is 0 Å². The molecule has 0 aliphatic heterocycles. The van der Waals surface area contributed by atoms with Crippen LogP contribution in [0.3, 0.4) is 0 Å². The van der Waals surface area contributed by atoms with Crippen molar-refractivity contribution in [3.05, 3.63) is 29.8 Å². The van der Waals surface area contributed by atoms with Crippen LogP contribution < -0.4 is 0 Å². The Kier molecular flexibility index (Phi) is 5.74. The number of aryl methyl sites for hydroxylation is 1. The zero-order valence-corrected chi connectivity index (χ0v) is 13.0. The summed E-state index contributed by atoms with van der Waals surface area (Å²) in [6.45, 7) is 5.51. The fourth-order valence-corrected chi connectivity index (χ4v) is 4.09. The van der Waals surface area contributed by atoms with Crippen LogP contribution in [0.4, 0.5) is 0 Å². The van der Waals surface area contributed by atoms with Gasteiger partial charge in [0.1, 0.15) is 6.35 Å². The molecule has 1 rings (SSSR count). The van der Waals surface area contributed by atoms with Crippen LogP contribution in [-0.4, -0.2) is 27.5 Å². The molecule has 0 saturated carbocycles. The first-order chi connectivity index (χ1) is 8.83. The topological polar surface area (TPSA) is 69.7 Å². The quantitative estimate of drug-likeness (QED) is 0.572. The summed E-state index contributed by atoms with van der Waals surface area (Å²) in [4.78, 5) is 0.0530. The van der Waals surface area contributed by atoms with E-state index in [2.05, 4.69) is 0 Å². The van der Waals surface area contributed by atoms with E-state index in [9.17, 15) is 13.0 Å². The lowest BCUT2D eigenvalue weighted by molar-refractivity contribution is 0.294. The summed E-state index contributed by atoms with van der Waals surface area (Å²) >= 11 is 0. The van der Waals surface area contributed by atoms with Gasteiger partial charge in [-0.05, 0) is 26.0 Å². The zero-order chi connectivity index (χ0) is 14.5. The summed E-state index contributed by atoms with van der Waals surface area (Å²) < 4.78 is 45.9. The van der Waals surface area contributed by atoms with Gasteiger partial charge in [-0.15, -0.1) is 0 Å². The van der Waals surface area contributed by atoms with Crippen LogP contribution in [0.25, 0.3) is 0 Å². The molecule has 19 heavy (non-hydrogen) atoms. The Labute approximate surface area is 114 Å². The van der Waals surface area contributed by atoms with Crippen LogP contribution >= 0.6 is 7.37 Å². The Hall–Kier alpha value is -0.680. The Morgan fingerprint density at radius 3 is 2.21 bits per heavy atom. The van der Waals surface area contributed by atoms with E-state index >= 15 is 0 Å². The standard InChI is InChI=1S/C12H19O5PS/c1-4-16-18(13,5-2)10-17-19(14,15)12-8-6-11(3)7-9-12/h6-9H,4-5,10H2,1-3H3. The first-order valence-electron chi connectivity index (χ1n) is 6.01. The van der Waals surface area contributed by atoms with Crippen LogP contribution in [-0.2, 0) is 23.4 Å². The van der Waals surface area contributed by atoms with Gasteiger partial charge in [-0.3, -0.25) is 8.75 Å². The summed E-state index contributed by atoms with van der Waals surface area (Å²) in [6.07, 6.45) is -0.183. The molecular formula is C12H19O5PS. The molecule has 0 aliphatic rings. The van der Waals surface area contributed by atoms with Gasteiger partial charge >= 0.3 is 0 Å². The summed E-state index contributed by atoms with van der Waals surface area (Å²) in [7, 11) is -6.92. The normalized spacial score (nSPS) is 15.1. The summed E-state index contributed by atoms with van der Waals surface area (Å²) in [6, 6.07) is 6.28. The maximum atomic E-state index is 12.1. The lowest BCUT2D eigenvalue weighted by Gasteiger charge is -2.15. The third kappa shape index (κ3) is 4.73. The van der Waals surface area contributed by atoms with Crippen LogP contribution in [0.15, 0.2) is 29.2 Å². The lowest BCUT2D eigenvalue weighted by atomic mass is 10.2. The number of hydrogen-bond acceptors (Lipinski definition) is 5. The predicted octanol–water partition coefficient (Wildman–Crippen LogP) is 2.99. The van der Waals surface area contributed by atoms with Crippen molar-refractivity contribution >= 4 is 17.5 Å². The fourth-order valence-electron chi connectivity index (χ4n) is 1.38. The molecule has 0 bridgehead atoms. The SMILES string of the molecule is CCOP(=O)(CC)COS(=O)(=O)c1ccc(C)cc1. The molecule has 1 unspecified atom stereocenters. The molecule has 1 aromatic rings. The van der Waals surface area contributed by atoms with E-state index in [1.807, 2.05) is 6.92 Å². The predicted molar refractivity (Wildman–Crippen MR) is 74.1 cm³/mol. The van der Waals surface area contributed by atoms with Crippen molar-refractivity contribution in [1.29, 1.82) is 0 Å². The van der Waals surface area contributed by atoms with Crippen molar-refractivity contribution in [1.82, 2.24) is 0 Å². The minimum atomic E-state index is -3.89. The van der Waals surface area contributed by atoms with E-state index in [4.69, 9.17) is 8.71 Å². The van der Waals surface area contributed by atoms with Gasteiger partial charge in [0, 0.05) is 6.16 Å². The third-order valence-electron chi connectivity index (χ3n) is 2.56. The van der Waals surface area contributed by atoms with Gasteiger partial charge in [0.2, 0.25) is 7.37 Å². The van der Waals surface area contributed by atoms with Crippen LogP contribution in [0, 0.1) is 6.92 Å². The molecule has 5 nitrogen and oxygen atoms in total. The average molecular weight is 306 g/mol. The second-order valence-corrected chi connectivity index (χ2v) is 8.46. The minimum absolute atomic E-state index is 0.0530. The number of hydrogen-bond donors (Lipinski definition) is 0. The molecule has 7 heteroatoms. The van der Waals surface area contributed by atoms with Crippen molar-refractivity contribution in [3.63, 3.8) is 0 Å². The second-order valence-electron chi connectivity index (χ2n) is 4.06. The molecule has 0 spiro atoms. The highest BCUT2D eigenvalue weighted by Crippen LogP contribution is 2.46. The fraction of sp³-hybridized carbons (Fsp3) is 0.500. The van der Waals surface area contributed by atoms with Gasteiger partial charge < -0.3 is 4.52 Å². The highest BCUT2D eigenvalue weighted by atomic mass is 32.2. The van der Waals surface area contributed by atoms with Crippen molar-refractivity contribution in [2.45, 2.75) is 25.7 Å². The molecule has 0 N–H and O–H groups in total. The number of benzene rings is 1. The molecule has 0 amide bonds. The Balaban J connectivity index is 2.81. The van der Waals surface area contributed by atoms with E-state index in [-0.39, 0.29) is 17.7 Å². The second kappa shape index (κ2) is 6.66. The summed E-state index contributed by atoms with van der Waals surface area (Å²) in [5.74, 6) is 0. The van der Waals surface area contributed by atoms with E-state index < -0.39 is 23.8 Å². The molecule has 0 radical (unpaired) electrons. The Morgan fingerprint density at radius 2 is 1.74 bits per heavy atom. The minimum Gasteiger partial charge on any atom is -0.327 e. The van der Waals surface area contributed by atoms with Crippen LogP contribution in [0.2, 0.25) is 0 Å². The molecule has 108 valence electrons. The summed E-state index contributed by atoms with van der Waals surface area (Å²) in [5, 5.41) is 0. The van der Waals surface area contributed by atoms with Crippen molar-refractivity contribution in [2.24, 2.45) is 0 Å². The molecule has 1 aromatic carbocycles. The van der Waals surface area contributed by atoms with Crippen molar-refractivity contribution in [3.8, 4) is 0 Å². The first kappa shape index (κ1) is 16.4. The molecule has 0 heterocycles. The van der Waals surface area contributed by atoms with Crippen molar-refractivity contribution < 1.29 is 21.7 Å². The lowest BCUT2D eigenvalue weighted by Crippen LogP contribution is -2.10. The smallest absolute Gasteiger partial charge is 0.297 e. The van der Waals surface area contributed by atoms with Gasteiger partial charge in [-0.25, -0.2) is 0 Å². The van der Waals surface area contributed by atoms with Gasteiger partial charge in [0.25, 0.3) is 10.1 Å². The molecule has 0 aliphatic carbocycles. The molecule has 1 atom stereocenters. The van der Waals surface area contributed by atoms with Gasteiger partial charge in [-0.1, -0.05) is 24.6 Å². The first-order valence-corrected chi connectivity index (χ1v) is 9.42. The van der Waals surface area contributed by atoms with E-state index in [1.165, 1.54) is 12.1 Å². The maximum Gasteiger partial charge on any atom is 0.297 e. The third-order valence-corrected chi connectivity index (χ3v) is 6.23. The Morgan fingerprint density at radius 1 is 1.16 bits per heavy atom. The van der Waals surface area contributed by atoms with Gasteiger partial charge in [-0.2, -0.15) is 8.42 Å². The highest BCUT2D eigenvalue weighted by Gasteiger charge is 2.25. The highest BCUT2D eigenvalue weighted by molar-refractivity contribution is 7.87. The Bertz CT molecular complexity index is 550. The average Bonchev–Trinajstić information content (AvgIpc) is 2.37.